The van der Waals surface area contributed by atoms with Gasteiger partial charge >= 0.3 is 0 Å². The molecule has 1 atom stereocenters. The monoisotopic (exact) mass is 316 g/mol. The van der Waals surface area contributed by atoms with E-state index in [1.54, 1.807) is 0 Å². The molecular formula is C19H32N4. The molecule has 1 heterocycles. The summed E-state index contributed by atoms with van der Waals surface area (Å²) in [6.45, 7) is 11.3. The van der Waals surface area contributed by atoms with Crippen LogP contribution in [0.3, 0.4) is 0 Å². The Labute approximate surface area is 141 Å². The SMILES string of the molecule is CCNC(=NCc1ccccc1CN1CCCCC1C)NCC. The number of benzene rings is 1. The van der Waals surface area contributed by atoms with Crippen molar-refractivity contribution in [3.8, 4) is 0 Å². The van der Waals surface area contributed by atoms with Crippen molar-refractivity contribution in [3.63, 3.8) is 0 Å². The van der Waals surface area contributed by atoms with Crippen molar-refractivity contribution in [2.24, 2.45) is 4.99 Å². The number of aliphatic imine (C=N–C) groups is 1. The Bertz CT molecular complexity index is 490. The van der Waals surface area contributed by atoms with Crippen LogP contribution in [0.4, 0.5) is 0 Å². The van der Waals surface area contributed by atoms with Gasteiger partial charge in [-0.3, -0.25) is 4.90 Å². The number of hydrogen-bond donors (Lipinski definition) is 2. The Kier molecular flexibility index (Phi) is 7.40. The van der Waals surface area contributed by atoms with Crippen LogP contribution in [0.15, 0.2) is 29.3 Å². The maximum Gasteiger partial charge on any atom is 0.191 e. The summed E-state index contributed by atoms with van der Waals surface area (Å²) in [4.78, 5) is 7.33. The van der Waals surface area contributed by atoms with Gasteiger partial charge in [0.2, 0.25) is 0 Å². The van der Waals surface area contributed by atoms with Gasteiger partial charge in [-0.1, -0.05) is 30.7 Å². The van der Waals surface area contributed by atoms with Gasteiger partial charge < -0.3 is 10.6 Å². The first-order valence-electron chi connectivity index (χ1n) is 9.07. The molecule has 2 N–H and O–H groups in total. The largest absolute Gasteiger partial charge is 0.357 e. The summed E-state index contributed by atoms with van der Waals surface area (Å²) in [7, 11) is 0. The average molecular weight is 316 g/mol. The third kappa shape index (κ3) is 5.54. The standard InChI is InChI=1S/C19H32N4/c1-4-20-19(21-5-2)22-14-17-11-6-7-12-18(17)15-23-13-9-8-10-16(23)3/h6-7,11-12,16H,4-5,8-10,13-15H2,1-3H3,(H2,20,21,22). The van der Waals surface area contributed by atoms with Gasteiger partial charge in [-0.05, 0) is 51.3 Å². The van der Waals surface area contributed by atoms with Crippen molar-refractivity contribution in [1.29, 1.82) is 0 Å². The van der Waals surface area contributed by atoms with Crippen molar-refractivity contribution < 1.29 is 0 Å². The normalized spacial score (nSPS) is 18.5. The number of rotatable bonds is 6. The highest BCUT2D eigenvalue weighted by Crippen LogP contribution is 2.21. The van der Waals surface area contributed by atoms with Crippen LogP contribution in [0, 0.1) is 0 Å². The van der Waals surface area contributed by atoms with E-state index in [1.807, 2.05) is 0 Å². The second-order valence-corrected chi connectivity index (χ2v) is 6.31. The van der Waals surface area contributed by atoms with Gasteiger partial charge in [-0.15, -0.1) is 0 Å². The smallest absolute Gasteiger partial charge is 0.191 e. The fraction of sp³-hybridized carbons (Fsp3) is 0.632. The summed E-state index contributed by atoms with van der Waals surface area (Å²) in [6.07, 6.45) is 4.03. The predicted octanol–water partition coefficient (Wildman–Crippen LogP) is 3.14. The lowest BCUT2D eigenvalue weighted by molar-refractivity contribution is 0.152. The highest BCUT2D eigenvalue weighted by Gasteiger charge is 2.18. The van der Waals surface area contributed by atoms with Crippen LogP contribution in [-0.4, -0.2) is 36.5 Å². The molecule has 23 heavy (non-hydrogen) atoms. The van der Waals surface area contributed by atoms with Gasteiger partial charge in [-0.2, -0.15) is 0 Å². The van der Waals surface area contributed by atoms with Crippen LogP contribution < -0.4 is 10.6 Å². The molecule has 2 rings (SSSR count). The molecule has 128 valence electrons. The molecule has 1 aliphatic heterocycles. The predicted molar refractivity (Wildman–Crippen MR) is 98.7 cm³/mol. The third-order valence-electron chi connectivity index (χ3n) is 4.53. The van der Waals surface area contributed by atoms with Crippen molar-refractivity contribution in [2.75, 3.05) is 19.6 Å². The maximum atomic E-state index is 4.72. The fourth-order valence-electron chi connectivity index (χ4n) is 3.15. The molecule has 0 spiro atoms. The third-order valence-corrected chi connectivity index (χ3v) is 4.53. The van der Waals surface area contributed by atoms with Crippen molar-refractivity contribution in [1.82, 2.24) is 15.5 Å². The number of hydrogen-bond acceptors (Lipinski definition) is 2. The van der Waals surface area contributed by atoms with Crippen LogP contribution in [0.25, 0.3) is 0 Å². The van der Waals surface area contributed by atoms with E-state index in [4.69, 9.17) is 4.99 Å². The minimum atomic E-state index is 0.694. The van der Waals surface area contributed by atoms with Crippen LogP contribution in [-0.2, 0) is 13.1 Å². The first-order chi connectivity index (χ1) is 11.2. The van der Waals surface area contributed by atoms with Gasteiger partial charge in [0.15, 0.2) is 5.96 Å². The average Bonchev–Trinajstić information content (AvgIpc) is 2.56. The van der Waals surface area contributed by atoms with E-state index >= 15 is 0 Å². The van der Waals surface area contributed by atoms with E-state index in [-0.39, 0.29) is 0 Å². The zero-order chi connectivity index (χ0) is 16.5. The molecule has 1 fully saturated rings. The van der Waals surface area contributed by atoms with E-state index in [2.05, 4.69) is 60.6 Å². The highest BCUT2D eigenvalue weighted by atomic mass is 15.2. The molecule has 1 unspecified atom stereocenters. The molecule has 1 aromatic rings. The number of nitrogens with one attached hydrogen (secondary N) is 2. The van der Waals surface area contributed by atoms with E-state index in [0.29, 0.717) is 6.04 Å². The summed E-state index contributed by atoms with van der Waals surface area (Å²) in [6, 6.07) is 9.43. The molecular weight excluding hydrogens is 284 g/mol. The zero-order valence-electron chi connectivity index (χ0n) is 14.9. The topological polar surface area (TPSA) is 39.7 Å². The van der Waals surface area contributed by atoms with Gasteiger partial charge in [0, 0.05) is 25.7 Å². The lowest BCUT2D eigenvalue weighted by Crippen LogP contribution is -2.37. The molecule has 0 bridgehead atoms. The van der Waals surface area contributed by atoms with E-state index in [9.17, 15) is 0 Å². The highest BCUT2D eigenvalue weighted by molar-refractivity contribution is 5.79. The minimum Gasteiger partial charge on any atom is -0.357 e. The van der Waals surface area contributed by atoms with Crippen LogP contribution >= 0.6 is 0 Å². The van der Waals surface area contributed by atoms with Crippen molar-refractivity contribution in [2.45, 2.75) is 59.2 Å². The Hall–Kier alpha value is -1.55. The molecule has 4 heteroatoms. The molecule has 0 saturated carbocycles. The zero-order valence-corrected chi connectivity index (χ0v) is 14.9. The molecule has 0 aliphatic carbocycles. The fourth-order valence-corrected chi connectivity index (χ4v) is 3.15. The van der Waals surface area contributed by atoms with Gasteiger partial charge in [0.1, 0.15) is 0 Å². The van der Waals surface area contributed by atoms with Crippen LogP contribution in [0.1, 0.15) is 51.2 Å². The maximum absolute atomic E-state index is 4.72. The Morgan fingerprint density at radius 1 is 1.13 bits per heavy atom. The molecule has 4 nitrogen and oxygen atoms in total. The van der Waals surface area contributed by atoms with Gasteiger partial charge in [0.25, 0.3) is 0 Å². The van der Waals surface area contributed by atoms with Crippen LogP contribution in [0.2, 0.25) is 0 Å². The Morgan fingerprint density at radius 2 is 1.83 bits per heavy atom. The summed E-state index contributed by atoms with van der Waals surface area (Å²) >= 11 is 0. The van der Waals surface area contributed by atoms with E-state index in [1.165, 1.54) is 36.9 Å². The molecule has 1 aromatic carbocycles. The van der Waals surface area contributed by atoms with E-state index < -0.39 is 0 Å². The first-order valence-corrected chi connectivity index (χ1v) is 9.07. The quantitative estimate of drug-likeness (QED) is 0.626. The Balaban J connectivity index is 2.05. The molecule has 0 radical (unpaired) electrons. The molecule has 1 saturated heterocycles. The van der Waals surface area contributed by atoms with Crippen molar-refractivity contribution in [3.05, 3.63) is 35.4 Å². The summed E-state index contributed by atoms with van der Waals surface area (Å²) < 4.78 is 0. The lowest BCUT2D eigenvalue weighted by atomic mass is 10.0. The number of likely N-dealkylation sites (tertiary alicyclic amines) is 1. The summed E-state index contributed by atoms with van der Waals surface area (Å²) in [5, 5.41) is 6.58. The molecule has 0 amide bonds. The van der Waals surface area contributed by atoms with Gasteiger partial charge in [0.05, 0.1) is 6.54 Å². The summed E-state index contributed by atoms with van der Waals surface area (Å²) in [5.74, 6) is 0.899. The molecule has 1 aliphatic rings. The Morgan fingerprint density at radius 3 is 2.48 bits per heavy atom. The molecule has 0 aromatic heterocycles. The van der Waals surface area contributed by atoms with Crippen LogP contribution in [0.5, 0.6) is 0 Å². The number of guanidine groups is 1. The minimum absolute atomic E-state index is 0.694. The second kappa shape index (κ2) is 9.56. The van der Waals surface area contributed by atoms with E-state index in [0.717, 1.165) is 32.1 Å². The number of nitrogens with zero attached hydrogens (tertiary/aromatic N) is 2. The summed E-state index contributed by atoms with van der Waals surface area (Å²) in [5.41, 5.74) is 2.75. The second-order valence-electron chi connectivity index (χ2n) is 6.31. The van der Waals surface area contributed by atoms with Crippen molar-refractivity contribution >= 4 is 5.96 Å². The number of piperidine rings is 1. The lowest BCUT2D eigenvalue weighted by Gasteiger charge is -2.33. The first kappa shape index (κ1) is 17.8. The van der Waals surface area contributed by atoms with Gasteiger partial charge in [-0.25, -0.2) is 4.99 Å².